The van der Waals surface area contributed by atoms with Crippen molar-refractivity contribution in [1.29, 1.82) is 0 Å². The molecule has 0 radical (unpaired) electrons. The molecule has 3 N–H and O–H groups in total. The third kappa shape index (κ3) is 10.9. The van der Waals surface area contributed by atoms with Gasteiger partial charge < -0.3 is 28.0 Å². The predicted octanol–water partition coefficient (Wildman–Crippen LogP) is 7.20. The molecule has 5 rings (SSSR count). The third-order valence-electron chi connectivity index (χ3n) is 8.31. The van der Waals surface area contributed by atoms with E-state index in [1.807, 2.05) is 71.9 Å². The third-order valence-corrected chi connectivity index (χ3v) is 8.31. The maximum Gasteiger partial charge on any atom is 0.410 e. The minimum atomic E-state index is -1.12. The number of piperidine rings is 2. The van der Waals surface area contributed by atoms with Gasteiger partial charge in [-0.25, -0.2) is 18.4 Å². The monoisotopic (exact) mass is 731 g/mol. The van der Waals surface area contributed by atoms with Crippen LogP contribution in [0.3, 0.4) is 0 Å². The summed E-state index contributed by atoms with van der Waals surface area (Å²) in [4.78, 5) is 27.7. The van der Waals surface area contributed by atoms with Gasteiger partial charge in [0, 0.05) is 51.1 Å². The molecule has 0 aromatic heterocycles. The summed E-state index contributed by atoms with van der Waals surface area (Å²) in [5.74, 6) is 0. The SMILES string of the molecule is C.C.CC(C)(C)OC(=O)N1[C@@H]2CC[C@H]1[C@H](F)[C@H](N)C2.CC(C)(C)OC(=O)N1[C@@H]2CC[C@H]1[C@H](F)[C@H](NCc1ccccc1)C2.[CH3-].[Pd]. The van der Waals surface area contributed by atoms with Crippen molar-refractivity contribution in [3.8, 4) is 0 Å². The van der Waals surface area contributed by atoms with Crippen LogP contribution in [0.4, 0.5) is 18.4 Å². The molecule has 0 spiro atoms. The standard InChI is InChI=1S/C19H27FN2O2.C12H21FN2O2.2CH4.CH3.Pd/c1-19(2,3)24-18(23)22-14-9-10-16(22)17(20)15(11-14)21-12-13-7-5-4-6-8-13;1-12(2,3)17-11(16)15-7-4-5-9(15)10(13)8(14)6-7;;;;/h4-8,14-17,21H,9-12H2,1-3H3;7-10H,4-6,14H2,1-3H3;2*1H4;1H3;/q;;;;-1;/t14-,15-,16+,17-;7-,8-,9+,10-;;;;/m11..../s1. The van der Waals surface area contributed by atoms with E-state index in [4.69, 9.17) is 15.2 Å². The van der Waals surface area contributed by atoms with Crippen molar-refractivity contribution < 1.29 is 48.3 Å². The van der Waals surface area contributed by atoms with Gasteiger partial charge in [-0.2, -0.15) is 0 Å². The smallest absolute Gasteiger partial charge is 0.410 e. The number of rotatable bonds is 3. The van der Waals surface area contributed by atoms with Gasteiger partial charge in [-0.15, -0.1) is 0 Å². The van der Waals surface area contributed by atoms with Crippen molar-refractivity contribution >= 4 is 12.2 Å². The molecule has 1 aromatic rings. The van der Waals surface area contributed by atoms with E-state index >= 15 is 0 Å². The molecular formula is C34H59F2N4O4Pd-. The molecular weight excluding hydrogens is 673 g/mol. The first-order chi connectivity index (χ1) is 19.1. The molecule has 4 heterocycles. The van der Waals surface area contributed by atoms with Crippen LogP contribution in [0.1, 0.15) is 100 Å². The number of carbonyl (C=O) groups excluding carboxylic acids is 2. The van der Waals surface area contributed by atoms with E-state index in [0.717, 1.165) is 18.4 Å². The van der Waals surface area contributed by atoms with Gasteiger partial charge >= 0.3 is 12.2 Å². The maximum atomic E-state index is 15.0. The van der Waals surface area contributed by atoms with Gasteiger partial charge in [0.15, 0.2) is 0 Å². The number of hydrogen-bond donors (Lipinski definition) is 2. The number of ether oxygens (including phenoxy) is 2. The van der Waals surface area contributed by atoms with Crippen molar-refractivity contribution in [1.82, 2.24) is 15.1 Å². The second-order valence-electron chi connectivity index (χ2n) is 13.9. The van der Waals surface area contributed by atoms with Crippen LogP contribution in [0, 0.1) is 7.43 Å². The zero-order valence-electron chi connectivity index (χ0n) is 26.6. The Kier molecular flexibility index (Phi) is 16.7. The molecule has 0 saturated carbocycles. The molecule has 264 valence electrons. The molecule has 2 amide bonds. The summed E-state index contributed by atoms with van der Waals surface area (Å²) in [6.07, 6.45) is 1.32. The van der Waals surface area contributed by atoms with Crippen molar-refractivity contribution in [2.45, 2.75) is 161 Å². The summed E-state index contributed by atoms with van der Waals surface area (Å²) in [5, 5.41) is 3.34. The first-order valence-electron chi connectivity index (χ1n) is 15.0. The van der Waals surface area contributed by atoms with Gasteiger partial charge in [-0.1, -0.05) is 45.2 Å². The Bertz CT molecular complexity index is 1050. The Morgan fingerprint density at radius 3 is 1.73 bits per heavy atom. The Labute approximate surface area is 285 Å². The zero-order valence-corrected chi connectivity index (χ0v) is 28.2. The molecule has 11 heteroatoms. The summed E-state index contributed by atoms with van der Waals surface area (Å²) >= 11 is 0. The molecule has 4 aliphatic heterocycles. The Hall–Kier alpha value is -1.80. The number of benzene rings is 1. The number of hydrogen-bond acceptors (Lipinski definition) is 6. The van der Waals surface area contributed by atoms with E-state index in [9.17, 15) is 18.4 Å². The van der Waals surface area contributed by atoms with Crippen molar-refractivity contribution in [2.75, 3.05) is 0 Å². The number of halogens is 2. The van der Waals surface area contributed by atoms with E-state index < -0.39 is 41.7 Å². The topological polar surface area (TPSA) is 97.1 Å². The fraction of sp³-hybridized carbons (Fsp3) is 0.735. The molecule has 1 aromatic carbocycles. The summed E-state index contributed by atoms with van der Waals surface area (Å²) in [6, 6.07) is 8.73. The average molecular weight is 732 g/mol. The predicted molar refractivity (Wildman–Crippen MR) is 174 cm³/mol. The Morgan fingerprint density at radius 2 is 1.27 bits per heavy atom. The van der Waals surface area contributed by atoms with E-state index in [1.165, 1.54) is 0 Å². The summed E-state index contributed by atoms with van der Waals surface area (Å²) in [7, 11) is 0. The molecule has 4 aliphatic rings. The van der Waals surface area contributed by atoms with Gasteiger partial charge in [0.2, 0.25) is 0 Å². The zero-order chi connectivity index (χ0) is 30.1. The Balaban J connectivity index is 0.000000828. The van der Waals surface area contributed by atoms with Crippen LogP contribution < -0.4 is 11.1 Å². The van der Waals surface area contributed by atoms with E-state index in [2.05, 4.69) is 5.32 Å². The fourth-order valence-electron chi connectivity index (χ4n) is 6.57. The summed E-state index contributed by atoms with van der Waals surface area (Å²) < 4.78 is 39.7. The molecule has 8 nitrogen and oxygen atoms in total. The normalized spacial score (nSPS) is 29.8. The van der Waals surface area contributed by atoms with Gasteiger partial charge in [-0.3, -0.25) is 9.80 Å². The molecule has 4 bridgehead atoms. The van der Waals surface area contributed by atoms with Crippen LogP contribution in [-0.4, -0.2) is 81.8 Å². The van der Waals surface area contributed by atoms with Gasteiger partial charge in [0.1, 0.15) is 23.5 Å². The van der Waals surface area contributed by atoms with Crippen molar-refractivity contribution in [2.24, 2.45) is 5.73 Å². The second kappa shape index (κ2) is 17.4. The van der Waals surface area contributed by atoms with Gasteiger partial charge in [-0.05, 0) is 85.6 Å². The van der Waals surface area contributed by atoms with Crippen molar-refractivity contribution in [3.05, 3.63) is 43.3 Å². The number of alkyl halides is 2. The van der Waals surface area contributed by atoms with Gasteiger partial charge in [0.25, 0.3) is 0 Å². The summed E-state index contributed by atoms with van der Waals surface area (Å²) in [6.45, 7) is 11.6. The fourth-order valence-corrected chi connectivity index (χ4v) is 6.57. The van der Waals surface area contributed by atoms with Crippen LogP contribution >= 0.6 is 0 Å². The van der Waals surface area contributed by atoms with E-state index in [-0.39, 0.29) is 73.0 Å². The van der Waals surface area contributed by atoms with Crippen LogP contribution in [0.15, 0.2) is 30.3 Å². The number of fused-ring (bicyclic) bond motifs is 4. The maximum absolute atomic E-state index is 15.0. The average Bonchev–Trinajstić information content (AvgIpc) is 3.41. The molecule has 0 unspecified atom stereocenters. The minimum absolute atomic E-state index is 0. The van der Waals surface area contributed by atoms with Crippen LogP contribution in [0.25, 0.3) is 0 Å². The number of nitrogens with two attached hydrogens (primary N) is 1. The molecule has 4 fully saturated rings. The van der Waals surface area contributed by atoms with E-state index in [0.29, 0.717) is 32.2 Å². The molecule has 8 atom stereocenters. The number of amides is 2. The number of nitrogens with one attached hydrogen (secondary N) is 1. The van der Waals surface area contributed by atoms with E-state index in [1.54, 1.807) is 9.80 Å². The number of nitrogens with zero attached hydrogens (tertiary/aromatic N) is 2. The number of carbonyl (C=O) groups is 2. The quantitative estimate of drug-likeness (QED) is 0.252. The molecule has 0 aliphatic carbocycles. The molecule has 4 saturated heterocycles. The summed E-state index contributed by atoms with van der Waals surface area (Å²) in [5.41, 5.74) is 5.79. The minimum Gasteiger partial charge on any atom is -0.444 e. The first kappa shape index (κ1) is 43.2. The first-order valence-corrected chi connectivity index (χ1v) is 15.0. The van der Waals surface area contributed by atoms with Crippen LogP contribution in [0.2, 0.25) is 0 Å². The van der Waals surface area contributed by atoms with Crippen molar-refractivity contribution in [3.63, 3.8) is 0 Å². The molecule has 45 heavy (non-hydrogen) atoms. The van der Waals surface area contributed by atoms with Gasteiger partial charge in [0.05, 0.1) is 12.1 Å². The largest absolute Gasteiger partial charge is 0.444 e. The van der Waals surface area contributed by atoms with Crippen LogP contribution in [0.5, 0.6) is 0 Å². The van der Waals surface area contributed by atoms with Crippen LogP contribution in [-0.2, 0) is 36.4 Å². The second-order valence-corrected chi connectivity index (χ2v) is 13.9. The Morgan fingerprint density at radius 1 is 0.822 bits per heavy atom.